The van der Waals surface area contributed by atoms with E-state index in [1.165, 1.54) is 5.56 Å². The summed E-state index contributed by atoms with van der Waals surface area (Å²) in [6.07, 6.45) is 1.91. The third kappa shape index (κ3) is 3.17. The summed E-state index contributed by atoms with van der Waals surface area (Å²) in [5, 5.41) is 0. The van der Waals surface area contributed by atoms with Gasteiger partial charge in [-0.3, -0.25) is 9.30 Å². The highest BCUT2D eigenvalue weighted by Crippen LogP contribution is 2.31. The number of hydrogen-bond donors (Lipinski definition) is 0. The van der Waals surface area contributed by atoms with E-state index in [0.29, 0.717) is 13.2 Å². The Labute approximate surface area is 147 Å². The van der Waals surface area contributed by atoms with Crippen molar-refractivity contribution < 1.29 is 9.47 Å². The Bertz CT molecular complexity index is 919. The predicted octanol–water partition coefficient (Wildman–Crippen LogP) is 2.75. The first-order chi connectivity index (χ1) is 12.1. The van der Waals surface area contributed by atoms with E-state index in [1.807, 2.05) is 19.2 Å². The first-order valence-electron chi connectivity index (χ1n) is 8.48. The van der Waals surface area contributed by atoms with Gasteiger partial charge in [0, 0.05) is 24.5 Å². The summed E-state index contributed by atoms with van der Waals surface area (Å²) >= 11 is 0. The number of aromatic nitrogens is 3. The van der Waals surface area contributed by atoms with Gasteiger partial charge in [0.2, 0.25) is 5.78 Å². The highest BCUT2D eigenvalue weighted by Gasteiger charge is 2.14. The molecule has 0 radical (unpaired) electrons. The molecule has 130 valence electrons. The fourth-order valence-corrected chi connectivity index (χ4v) is 3.34. The normalized spacial score (nSPS) is 13.6. The van der Waals surface area contributed by atoms with E-state index in [-0.39, 0.29) is 0 Å². The van der Waals surface area contributed by atoms with Gasteiger partial charge in [-0.25, -0.2) is 9.97 Å². The molecule has 0 fully saturated rings. The summed E-state index contributed by atoms with van der Waals surface area (Å²) in [4.78, 5) is 11.2. The molecule has 0 amide bonds. The molecule has 0 saturated heterocycles. The molecule has 0 bridgehead atoms. The van der Waals surface area contributed by atoms with Crippen LogP contribution in [0.1, 0.15) is 22.6 Å². The largest absolute Gasteiger partial charge is 0.486 e. The van der Waals surface area contributed by atoms with Crippen LogP contribution in [-0.2, 0) is 13.1 Å². The third-order valence-corrected chi connectivity index (χ3v) is 4.35. The van der Waals surface area contributed by atoms with Crippen LogP contribution in [0.2, 0.25) is 0 Å². The smallest absolute Gasteiger partial charge is 0.234 e. The maximum Gasteiger partial charge on any atom is 0.234 e. The summed E-state index contributed by atoms with van der Waals surface area (Å²) in [7, 11) is 2.10. The maximum absolute atomic E-state index is 5.67. The summed E-state index contributed by atoms with van der Waals surface area (Å²) in [5.74, 6) is 2.43. The van der Waals surface area contributed by atoms with Crippen molar-refractivity contribution >= 4 is 5.78 Å². The molecule has 0 unspecified atom stereocenters. The minimum absolute atomic E-state index is 0.611. The van der Waals surface area contributed by atoms with Gasteiger partial charge in [0.1, 0.15) is 13.2 Å². The molecule has 0 aliphatic carbocycles. The van der Waals surface area contributed by atoms with Gasteiger partial charge >= 0.3 is 0 Å². The summed E-state index contributed by atoms with van der Waals surface area (Å²) in [6.45, 7) is 6.93. The maximum atomic E-state index is 5.67. The Hall–Kier alpha value is -2.60. The van der Waals surface area contributed by atoms with Gasteiger partial charge in [0.25, 0.3) is 0 Å². The molecule has 6 heteroatoms. The molecule has 25 heavy (non-hydrogen) atoms. The lowest BCUT2D eigenvalue weighted by atomic mass is 10.2. The van der Waals surface area contributed by atoms with E-state index in [0.717, 1.165) is 47.4 Å². The Morgan fingerprint density at radius 3 is 2.72 bits per heavy atom. The SMILES string of the molecule is Cc1cc(C)n2c(CN(C)Cc3ccc4c(c3)OCCO4)cnc2n1. The average Bonchev–Trinajstić information content (AvgIpc) is 2.97. The second kappa shape index (κ2) is 6.37. The lowest BCUT2D eigenvalue weighted by molar-refractivity contribution is 0.171. The van der Waals surface area contributed by atoms with Crippen LogP contribution in [0, 0.1) is 13.8 Å². The van der Waals surface area contributed by atoms with E-state index < -0.39 is 0 Å². The van der Waals surface area contributed by atoms with E-state index in [2.05, 4.69) is 51.4 Å². The van der Waals surface area contributed by atoms with Crippen LogP contribution in [0.25, 0.3) is 5.78 Å². The van der Waals surface area contributed by atoms with Crippen molar-refractivity contribution in [2.45, 2.75) is 26.9 Å². The summed E-state index contributed by atoms with van der Waals surface area (Å²) in [6, 6.07) is 8.23. The molecule has 0 N–H and O–H groups in total. The molecular weight excluding hydrogens is 316 g/mol. The second-order valence-electron chi connectivity index (χ2n) is 6.57. The molecule has 1 aliphatic heterocycles. The molecule has 1 aromatic carbocycles. The molecule has 3 aromatic rings. The Morgan fingerprint density at radius 2 is 1.88 bits per heavy atom. The third-order valence-electron chi connectivity index (χ3n) is 4.35. The van der Waals surface area contributed by atoms with Gasteiger partial charge in [-0.15, -0.1) is 0 Å². The highest BCUT2D eigenvalue weighted by molar-refractivity contribution is 5.43. The molecule has 0 spiro atoms. The van der Waals surface area contributed by atoms with Gasteiger partial charge in [-0.2, -0.15) is 0 Å². The first kappa shape index (κ1) is 15.9. The molecule has 6 nitrogen and oxygen atoms in total. The van der Waals surface area contributed by atoms with Crippen molar-refractivity contribution in [1.29, 1.82) is 0 Å². The number of rotatable bonds is 4. The zero-order chi connectivity index (χ0) is 17.4. The number of hydrogen-bond acceptors (Lipinski definition) is 5. The van der Waals surface area contributed by atoms with Gasteiger partial charge in [-0.05, 0) is 44.7 Å². The fourth-order valence-electron chi connectivity index (χ4n) is 3.34. The van der Waals surface area contributed by atoms with Gasteiger partial charge in [0.15, 0.2) is 11.5 Å². The van der Waals surface area contributed by atoms with E-state index in [9.17, 15) is 0 Å². The Balaban J connectivity index is 1.52. The van der Waals surface area contributed by atoms with Crippen molar-refractivity contribution in [3.05, 3.63) is 53.1 Å². The highest BCUT2D eigenvalue weighted by atomic mass is 16.6. The van der Waals surface area contributed by atoms with Crippen LogP contribution in [0.4, 0.5) is 0 Å². The summed E-state index contributed by atoms with van der Waals surface area (Å²) in [5.41, 5.74) is 4.49. The summed E-state index contributed by atoms with van der Waals surface area (Å²) < 4.78 is 13.4. The van der Waals surface area contributed by atoms with Crippen molar-refractivity contribution in [2.24, 2.45) is 0 Å². The first-order valence-corrected chi connectivity index (χ1v) is 8.48. The van der Waals surface area contributed by atoms with Gasteiger partial charge in [-0.1, -0.05) is 6.07 Å². The van der Waals surface area contributed by atoms with Crippen molar-refractivity contribution in [2.75, 3.05) is 20.3 Å². The van der Waals surface area contributed by atoms with Crippen molar-refractivity contribution in [3.63, 3.8) is 0 Å². The van der Waals surface area contributed by atoms with Crippen LogP contribution in [-0.4, -0.2) is 39.5 Å². The van der Waals surface area contributed by atoms with E-state index in [4.69, 9.17) is 9.47 Å². The molecule has 4 rings (SSSR count). The molecule has 3 heterocycles. The lowest BCUT2D eigenvalue weighted by Gasteiger charge is -2.21. The molecule has 0 atom stereocenters. The molecule has 0 saturated carbocycles. The average molecular weight is 338 g/mol. The standard InChI is InChI=1S/C19H22N4O2/c1-13-8-14(2)23-16(10-20-19(23)21-13)12-22(3)11-15-4-5-17-18(9-15)25-7-6-24-17/h4-5,8-10H,6-7,11-12H2,1-3H3. The van der Waals surface area contributed by atoms with Crippen molar-refractivity contribution in [3.8, 4) is 11.5 Å². The number of imidazole rings is 1. The topological polar surface area (TPSA) is 51.9 Å². The fraction of sp³-hybridized carbons (Fsp3) is 0.368. The van der Waals surface area contributed by atoms with Gasteiger partial charge < -0.3 is 9.47 Å². The van der Waals surface area contributed by atoms with Crippen molar-refractivity contribution in [1.82, 2.24) is 19.3 Å². The molecule has 2 aromatic heterocycles. The van der Waals surface area contributed by atoms with Crippen LogP contribution in [0.15, 0.2) is 30.5 Å². The van der Waals surface area contributed by atoms with Crippen LogP contribution in [0.5, 0.6) is 11.5 Å². The second-order valence-corrected chi connectivity index (χ2v) is 6.57. The van der Waals surface area contributed by atoms with Crippen LogP contribution in [0.3, 0.4) is 0 Å². The van der Waals surface area contributed by atoms with E-state index in [1.54, 1.807) is 0 Å². The number of aryl methyl sites for hydroxylation is 2. The molecule has 1 aliphatic rings. The minimum Gasteiger partial charge on any atom is -0.486 e. The predicted molar refractivity (Wildman–Crippen MR) is 95.1 cm³/mol. The lowest BCUT2D eigenvalue weighted by Crippen LogP contribution is -2.19. The number of fused-ring (bicyclic) bond motifs is 2. The Kier molecular flexibility index (Phi) is 4.05. The number of nitrogens with zero attached hydrogens (tertiary/aromatic N) is 4. The number of benzene rings is 1. The minimum atomic E-state index is 0.611. The quantitative estimate of drug-likeness (QED) is 0.732. The van der Waals surface area contributed by atoms with Crippen LogP contribution >= 0.6 is 0 Å². The monoisotopic (exact) mass is 338 g/mol. The van der Waals surface area contributed by atoms with E-state index >= 15 is 0 Å². The number of ether oxygens (including phenoxy) is 2. The zero-order valence-corrected chi connectivity index (χ0v) is 14.8. The molecular formula is C19H22N4O2. The zero-order valence-electron chi connectivity index (χ0n) is 14.8. The Morgan fingerprint density at radius 1 is 1.08 bits per heavy atom. The van der Waals surface area contributed by atoms with Crippen LogP contribution < -0.4 is 9.47 Å². The van der Waals surface area contributed by atoms with Gasteiger partial charge in [0.05, 0.1) is 11.9 Å².